The highest BCUT2D eigenvalue weighted by Gasteiger charge is 2.18. The number of pyridine rings is 1. The molecule has 27 heavy (non-hydrogen) atoms. The van der Waals surface area contributed by atoms with Gasteiger partial charge in [-0.2, -0.15) is 5.10 Å². The van der Waals surface area contributed by atoms with Crippen molar-refractivity contribution in [2.24, 2.45) is 0 Å². The summed E-state index contributed by atoms with van der Waals surface area (Å²) < 4.78 is 15.6. The van der Waals surface area contributed by atoms with Gasteiger partial charge in [0.15, 0.2) is 5.65 Å². The fourth-order valence-electron chi connectivity index (χ4n) is 3.01. The van der Waals surface area contributed by atoms with Gasteiger partial charge in [-0.25, -0.2) is 14.1 Å². The Morgan fingerprint density at radius 1 is 1.22 bits per heavy atom. The smallest absolute Gasteiger partial charge is 0.252 e. The topological polar surface area (TPSA) is 59.8 Å². The zero-order valence-electron chi connectivity index (χ0n) is 16.2. The number of carbonyl (C=O) groups excluding carboxylic acids is 1. The monoisotopic (exact) mass is 368 g/mol. The van der Waals surface area contributed by atoms with Gasteiger partial charge in [0.25, 0.3) is 5.91 Å². The normalized spacial score (nSPS) is 11.5. The lowest BCUT2D eigenvalue weighted by Gasteiger charge is -2.12. The summed E-state index contributed by atoms with van der Waals surface area (Å²) in [6.07, 6.45) is 2.13. The van der Waals surface area contributed by atoms with Gasteiger partial charge in [-0.05, 0) is 43.9 Å². The minimum Gasteiger partial charge on any atom is -0.352 e. The average molecular weight is 368 g/mol. The molecule has 0 fully saturated rings. The van der Waals surface area contributed by atoms with Gasteiger partial charge in [0.2, 0.25) is 0 Å². The van der Waals surface area contributed by atoms with Crippen molar-refractivity contribution >= 4 is 16.9 Å². The Morgan fingerprint density at radius 2 is 1.96 bits per heavy atom. The summed E-state index contributed by atoms with van der Waals surface area (Å²) in [5, 5.41) is 8.04. The Morgan fingerprint density at radius 3 is 2.63 bits per heavy atom. The lowest BCUT2D eigenvalue weighted by Crippen LogP contribution is -2.26. The molecular weight excluding hydrogens is 343 g/mol. The minimum absolute atomic E-state index is 0.148. The van der Waals surface area contributed by atoms with Crippen molar-refractivity contribution in [3.05, 3.63) is 59.2 Å². The number of hydrogen-bond donors (Lipinski definition) is 1. The summed E-state index contributed by atoms with van der Waals surface area (Å²) in [5.41, 5.74) is 2.72. The second kappa shape index (κ2) is 7.86. The van der Waals surface area contributed by atoms with Crippen molar-refractivity contribution < 1.29 is 9.18 Å². The van der Waals surface area contributed by atoms with Crippen LogP contribution in [0.2, 0.25) is 0 Å². The summed E-state index contributed by atoms with van der Waals surface area (Å²) >= 11 is 0. The van der Waals surface area contributed by atoms with Crippen molar-refractivity contribution in [3.63, 3.8) is 0 Å². The second-order valence-corrected chi connectivity index (χ2v) is 7.27. The molecule has 2 aromatic heterocycles. The predicted octanol–water partition coefficient (Wildman–Crippen LogP) is 4.25. The molecule has 6 heteroatoms. The van der Waals surface area contributed by atoms with E-state index in [1.807, 2.05) is 38.4 Å². The summed E-state index contributed by atoms with van der Waals surface area (Å²) in [5.74, 6) is -0.253. The Hall–Kier alpha value is -2.76. The van der Waals surface area contributed by atoms with Gasteiger partial charge in [-0.1, -0.05) is 32.0 Å². The third-order valence-corrected chi connectivity index (χ3v) is 4.55. The fraction of sp³-hybridized carbons (Fsp3) is 0.381. The Labute approximate surface area is 158 Å². The van der Waals surface area contributed by atoms with Crippen LogP contribution < -0.4 is 5.32 Å². The molecule has 142 valence electrons. The number of nitrogens with zero attached hydrogens (tertiary/aromatic N) is 3. The minimum atomic E-state index is -0.252. The molecule has 0 spiro atoms. The third kappa shape index (κ3) is 3.99. The van der Waals surface area contributed by atoms with Crippen molar-refractivity contribution in [1.82, 2.24) is 20.1 Å². The number of aromatic nitrogens is 3. The first kappa shape index (κ1) is 19.0. The molecule has 1 amide bonds. The number of nitrogens with one attached hydrogen (secondary N) is 1. The van der Waals surface area contributed by atoms with E-state index in [1.54, 1.807) is 24.4 Å². The van der Waals surface area contributed by atoms with Crippen molar-refractivity contribution in [1.29, 1.82) is 0 Å². The summed E-state index contributed by atoms with van der Waals surface area (Å²) in [6, 6.07) is 8.59. The highest BCUT2D eigenvalue weighted by molar-refractivity contribution is 6.05. The van der Waals surface area contributed by atoms with E-state index >= 15 is 0 Å². The second-order valence-electron chi connectivity index (χ2n) is 7.27. The van der Waals surface area contributed by atoms with E-state index in [4.69, 9.17) is 4.98 Å². The van der Waals surface area contributed by atoms with Crippen LogP contribution in [0, 0.1) is 5.82 Å². The van der Waals surface area contributed by atoms with E-state index in [0.29, 0.717) is 24.1 Å². The molecule has 0 saturated carbocycles. The van der Waals surface area contributed by atoms with Crippen molar-refractivity contribution in [2.45, 2.75) is 46.1 Å². The first-order valence-electron chi connectivity index (χ1n) is 9.28. The molecule has 0 aliphatic rings. The largest absolute Gasteiger partial charge is 0.352 e. The van der Waals surface area contributed by atoms with Crippen LogP contribution in [0.1, 0.15) is 61.3 Å². The Bertz CT molecular complexity index is 962. The van der Waals surface area contributed by atoms with Crippen LogP contribution in [-0.4, -0.2) is 27.2 Å². The van der Waals surface area contributed by atoms with Gasteiger partial charge in [0.05, 0.1) is 17.1 Å². The van der Waals surface area contributed by atoms with E-state index < -0.39 is 0 Å². The first-order chi connectivity index (χ1) is 12.9. The number of rotatable bonds is 6. The summed E-state index contributed by atoms with van der Waals surface area (Å²) in [6.45, 7) is 8.52. The van der Waals surface area contributed by atoms with Crippen LogP contribution in [0.25, 0.3) is 11.0 Å². The zero-order valence-corrected chi connectivity index (χ0v) is 16.2. The molecular formula is C21H25FN4O. The maximum absolute atomic E-state index is 13.7. The number of amides is 1. The van der Waals surface area contributed by atoms with Crippen LogP contribution >= 0.6 is 0 Å². The molecule has 0 unspecified atom stereocenters. The zero-order chi connectivity index (χ0) is 19.6. The van der Waals surface area contributed by atoms with E-state index in [-0.39, 0.29) is 23.7 Å². The summed E-state index contributed by atoms with van der Waals surface area (Å²) in [7, 11) is 0. The van der Waals surface area contributed by atoms with Gasteiger partial charge in [-0.3, -0.25) is 4.79 Å². The van der Waals surface area contributed by atoms with Crippen LogP contribution in [0.3, 0.4) is 0 Å². The number of halogens is 1. The molecule has 1 N–H and O–H groups in total. The molecule has 0 saturated heterocycles. The molecule has 1 aromatic carbocycles. The van der Waals surface area contributed by atoms with Crippen LogP contribution in [-0.2, 0) is 6.42 Å². The molecule has 3 rings (SSSR count). The lowest BCUT2D eigenvalue weighted by atomic mass is 10.0. The molecule has 0 bridgehead atoms. The molecule has 3 aromatic rings. The van der Waals surface area contributed by atoms with E-state index in [2.05, 4.69) is 10.4 Å². The van der Waals surface area contributed by atoms with Gasteiger partial charge in [0, 0.05) is 18.3 Å². The Kier molecular flexibility index (Phi) is 5.54. The highest BCUT2D eigenvalue weighted by Crippen LogP contribution is 2.24. The summed E-state index contributed by atoms with van der Waals surface area (Å²) in [4.78, 5) is 17.5. The first-order valence-corrected chi connectivity index (χ1v) is 9.28. The fourth-order valence-corrected chi connectivity index (χ4v) is 3.01. The number of hydrogen-bond acceptors (Lipinski definition) is 3. The van der Waals surface area contributed by atoms with E-state index in [9.17, 15) is 9.18 Å². The van der Waals surface area contributed by atoms with Crippen molar-refractivity contribution in [3.8, 4) is 0 Å². The van der Waals surface area contributed by atoms with Crippen LogP contribution in [0.5, 0.6) is 0 Å². The molecule has 0 aliphatic heterocycles. The number of fused-ring (bicyclic) bond motifs is 1. The van der Waals surface area contributed by atoms with Crippen LogP contribution in [0.4, 0.5) is 4.39 Å². The predicted molar refractivity (Wildman–Crippen MR) is 104 cm³/mol. The molecule has 2 heterocycles. The average Bonchev–Trinajstić information content (AvgIpc) is 3.06. The molecule has 0 atom stereocenters. The van der Waals surface area contributed by atoms with Gasteiger partial charge < -0.3 is 5.32 Å². The maximum atomic E-state index is 13.7. The molecule has 5 nitrogen and oxygen atoms in total. The molecule has 0 radical (unpaired) electrons. The lowest BCUT2D eigenvalue weighted by molar-refractivity contribution is 0.0955. The van der Waals surface area contributed by atoms with Crippen molar-refractivity contribution in [2.75, 3.05) is 6.54 Å². The van der Waals surface area contributed by atoms with Crippen LogP contribution in [0.15, 0.2) is 36.5 Å². The van der Waals surface area contributed by atoms with Gasteiger partial charge in [-0.15, -0.1) is 0 Å². The highest BCUT2D eigenvalue weighted by atomic mass is 19.1. The van der Waals surface area contributed by atoms with E-state index in [0.717, 1.165) is 16.7 Å². The third-order valence-electron chi connectivity index (χ3n) is 4.55. The van der Waals surface area contributed by atoms with Gasteiger partial charge >= 0.3 is 0 Å². The maximum Gasteiger partial charge on any atom is 0.252 e. The number of carbonyl (C=O) groups is 1. The van der Waals surface area contributed by atoms with E-state index in [1.165, 1.54) is 6.07 Å². The quantitative estimate of drug-likeness (QED) is 0.708. The standard InChI is InChI=1S/C21H25FN4O/c1-13(2)19-11-16(17-12-24-26(14(3)4)20(17)25-19)21(27)23-10-9-15-7-5-6-8-18(15)22/h5-8,11-14H,9-10H2,1-4H3,(H,23,27). The van der Waals surface area contributed by atoms with Gasteiger partial charge in [0.1, 0.15) is 5.82 Å². The molecule has 0 aliphatic carbocycles. The number of benzene rings is 1. The Balaban J connectivity index is 1.86. The SMILES string of the molecule is CC(C)c1cc(C(=O)NCCc2ccccc2F)c2cnn(C(C)C)c2n1.